The lowest BCUT2D eigenvalue weighted by Crippen LogP contribution is -2.36. The quantitative estimate of drug-likeness (QED) is 0.883. The van der Waals surface area contributed by atoms with E-state index in [1.54, 1.807) is 11.3 Å². The zero-order valence-electron chi connectivity index (χ0n) is 13.7. The fourth-order valence-electron chi connectivity index (χ4n) is 4.05. The fourth-order valence-corrected chi connectivity index (χ4v) is 4.69. The topological polar surface area (TPSA) is 46.0 Å². The first-order valence-electron chi connectivity index (χ1n) is 8.64. The van der Waals surface area contributed by atoms with Gasteiger partial charge in [0.2, 0.25) is 0 Å². The SMILES string of the molecule is CCn1ccnc1CN(Cc1nccs1)C1CC12CCNCC2. The maximum absolute atomic E-state index is 4.59. The van der Waals surface area contributed by atoms with E-state index in [1.165, 1.54) is 43.2 Å². The number of piperidine rings is 1. The zero-order chi connectivity index (χ0) is 15.7. The molecule has 1 unspecified atom stereocenters. The molecule has 5 nitrogen and oxygen atoms in total. The molecule has 3 heterocycles. The molecule has 0 bridgehead atoms. The minimum Gasteiger partial charge on any atom is -0.334 e. The van der Waals surface area contributed by atoms with Gasteiger partial charge in [-0.1, -0.05) is 0 Å². The minimum atomic E-state index is 0.548. The molecular formula is C17H25N5S. The molecule has 0 radical (unpaired) electrons. The van der Waals surface area contributed by atoms with E-state index < -0.39 is 0 Å². The summed E-state index contributed by atoms with van der Waals surface area (Å²) in [6.07, 6.45) is 9.89. The molecule has 1 saturated carbocycles. The van der Waals surface area contributed by atoms with Gasteiger partial charge in [-0.25, -0.2) is 9.97 Å². The first-order chi connectivity index (χ1) is 11.3. The summed E-state index contributed by atoms with van der Waals surface area (Å²) >= 11 is 1.76. The van der Waals surface area contributed by atoms with Crippen molar-refractivity contribution >= 4 is 11.3 Å². The van der Waals surface area contributed by atoms with Gasteiger partial charge in [-0.2, -0.15) is 0 Å². The van der Waals surface area contributed by atoms with Gasteiger partial charge in [0, 0.05) is 36.6 Å². The van der Waals surface area contributed by atoms with E-state index in [2.05, 4.69) is 43.3 Å². The number of nitrogens with one attached hydrogen (secondary N) is 1. The Balaban J connectivity index is 1.52. The molecule has 0 amide bonds. The third-order valence-corrected chi connectivity index (χ3v) is 6.26. The molecule has 0 aromatic carbocycles. The van der Waals surface area contributed by atoms with E-state index in [9.17, 15) is 0 Å². The Morgan fingerprint density at radius 2 is 2.17 bits per heavy atom. The van der Waals surface area contributed by atoms with Crippen molar-refractivity contribution in [2.75, 3.05) is 13.1 Å². The van der Waals surface area contributed by atoms with Crippen LogP contribution in [0.15, 0.2) is 24.0 Å². The summed E-state index contributed by atoms with van der Waals surface area (Å²) in [5.74, 6) is 1.18. The highest BCUT2D eigenvalue weighted by Crippen LogP contribution is 2.56. The molecule has 1 spiro atoms. The Hall–Kier alpha value is -1.24. The lowest BCUT2D eigenvalue weighted by molar-refractivity contribution is 0.182. The van der Waals surface area contributed by atoms with Crippen molar-refractivity contribution in [3.63, 3.8) is 0 Å². The van der Waals surface area contributed by atoms with Gasteiger partial charge in [0.05, 0.1) is 13.1 Å². The lowest BCUT2D eigenvalue weighted by atomic mass is 9.93. The molecule has 2 aliphatic rings. The van der Waals surface area contributed by atoms with Crippen LogP contribution < -0.4 is 5.32 Å². The second-order valence-corrected chi connectivity index (χ2v) is 7.77. The number of nitrogens with zero attached hydrogens (tertiary/aromatic N) is 4. The summed E-state index contributed by atoms with van der Waals surface area (Å²) in [6, 6.07) is 0.690. The van der Waals surface area contributed by atoms with Crippen LogP contribution in [0.5, 0.6) is 0 Å². The molecule has 6 heteroatoms. The van der Waals surface area contributed by atoms with Crippen molar-refractivity contribution in [3.05, 3.63) is 34.8 Å². The van der Waals surface area contributed by atoms with Gasteiger partial charge in [0.1, 0.15) is 10.8 Å². The molecular weight excluding hydrogens is 306 g/mol. The molecule has 1 N–H and O–H groups in total. The Labute approximate surface area is 141 Å². The molecule has 2 fully saturated rings. The zero-order valence-corrected chi connectivity index (χ0v) is 14.6. The highest BCUT2D eigenvalue weighted by atomic mass is 32.1. The molecule has 4 rings (SSSR count). The largest absolute Gasteiger partial charge is 0.334 e. The summed E-state index contributed by atoms with van der Waals surface area (Å²) < 4.78 is 2.26. The Morgan fingerprint density at radius 3 is 2.91 bits per heavy atom. The molecule has 1 saturated heterocycles. The highest BCUT2D eigenvalue weighted by Gasteiger charge is 2.56. The smallest absolute Gasteiger partial charge is 0.122 e. The third kappa shape index (κ3) is 3.07. The maximum Gasteiger partial charge on any atom is 0.122 e. The van der Waals surface area contributed by atoms with Crippen LogP contribution in [0.3, 0.4) is 0 Å². The number of thiazole rings is 1. The van der Waals surface area contributed by atoms with Gasteiger partial charge < -0.3 is 9.88 Å². The molecule has 1 aliphatic carbocycles. The monoisotopic (exact) mass is 331 g/mol. The van der Waals surface area contributed by atoms with Crippen LogP contribution in [-0.2, 0) is 19.6 Å². The summed E-state index contributed by atoms with van der Waals surface area (Å²) in [4.78, 5) is 11.7. The predicted molar refractivity (Wildman–Crippen MR) is 92.2 cm³/mol. The number of rotatable bonds is 6. The number of aromatic nitrogens is 3. The van der Waals surface area contributed by atoms with Gasteiger partial charge >= 0.3 is 0 Å². The Bertz CT molecular complexity index is 629. The standard InChI is InChI=1S/C17H25N5S/c1-2-21-9-7-19-15(21)12-22(13-16-20-8-10-23-16)14-11-17(14)3-5-18-6-4-17/h7-10,14,18H,2-6,11-13H2,1H3. The van der Waals surface area contributed by atoms with Gasteiger partial charge in [-0.15, -0.1) is 11.3 Å². The van der Waals surface area contributed by atoms with Crippen LogP contribution >= 0.6 is 11.3 Å². The van der Waals surface area contributed by atoms with Gasteiger partial charge in [-0.05, 0) is 44.7 Å². The summed E-state index contributed by atoms with van der Waals surface area (Å²) in [5.41, 5.74) is 0.548. The van der Waals surface area contributed by atoms with E-state index >= 15 is 0 Å². The van der Waals surface area contributed by atoms with Crippen LogP contribution in [0.4, 0.5) is 0 Å². The van der Waals surface area contributed by atoms with Crippen molar-refractivity contribution in [1.82, 2.24) is 24.8 Å². The second-order valence-electron chi connectivity index (χ2n) is 6.79. The number of hydrogen-bond acceptors (Lipinski definition) is 5. The van der Waals surface area contributed by atoms with Crippen molar-refractivity contribution in [1.29, 1.82) is 0 Å². The lowest BCUT2D eigenvalue weighted by Gasteiger charge is -2.29. The maximum atomic E-state index is 4.59. The van der Waals surface area contributed by atoms with E-state index in [-0.39, 0.29) is 0 Å². The first kappa shape index (κ1) is 15.3. The molecule has 124 valence electrons. The molecule has 23 heavy (non-hydrogen) atoms. The average Bonchev–Trinajstić information content (AvgIpc) is 2.99. The molecule has 2 aromatic heterocycles. The third-order valence-electron chi connectivity index (χ3n) is 5.50. The summed E-state index contributed by atoms with van der Waals surface area (Å²) in [6.45, 7) is 7.40. The normalized spacial score (nSPS) is 22.8. The van der Waals surface area contributed by atoms with Crippen molar-refractivity contribution in [3.8, 4) is 0 Å². The Morgan fingerprint density at radius 1 is 1.30 bits per heavy atom. The van der Waals surface area contributed by atoms with Crippen molar-refractivity contribution < 1.29 is 0 Å². The van der Waals surface area contributed by atoms with Crippen LogP contribution in [-0.4, -0.2) is 38.6 Å². The second kappa shape index (κ2) is 6.34. The number of aryl methyl sites for hydroxylation is 1. The number of hydrogen-bond donors (Lipinski definition) is 1. The van der Waals surface area contributed by atoms with Crippen LogP contribution in [0.25, 0.3) is 0 Å². The summed E-state index contributed by atoms with van der Waals surface area (Å²) in [7, 11) is 0. The fraction of sp³-hybridized carbons (Fsp3) is 0.647. The molecule has 1 atom stereocenters. The van der Waals surface area contributed by atoms with E-state index in [4.69, 9.17) is 0 Å². The average molecular weight is 331 g/mol. The molecule has 1 aliphatic heterocycles. The van der Waals surface area contributed by atoms with Crippen molar-refractivity contribution in [2.45, 2.75) is 51.9 Å². The van der Waals surface area contributed by atoms with Gasteiger partial charge in [0.25, 0.3) is 0 Å². The van der Waals surface area contributed by atoms with E-state index in [0.717, 1.165) is 19.6 Å². The minimum absolute atomic E-state index is 0.548. The van der Waals surface area contributed by atoms with Gasteiger partial charge in [0.15, 0.2) is 0 Å². The summed E-state index contributed by atoms with van der Waals surface area (Å²) in [5, 5.41) is 6.80. The highest BCUT2D eigenvalue weighted by molar-refractivity contribution is 7.09. The first-order valence-corrected chi connectivity index (χ1v) is 9.52. The Kier molecular flexibility index (Phi) is 4.22. The molecule has 2 aromatic rings. The number of imidazole rings is 1. The van der Waals surface area contributed by atoms with E-state index in [1.807, 2.05) is 12.4 Å². The predicted octanol–water partition coefficient (Wildman–Crippen LogP) is 2.50. The van der Waals surface area contributed by atoms with E-state index in [0.29, 0.717) is 11.5 Å². The van der Waals surface area contributed by atoms with Crippen LogP contribution in [0.1, 0.15) is 37.0 Å². The van der Waals surface area contributed by atoms with Gasteiger partial charge in [-0.3, -0.25) is 4.90 Å². The van der Waals surface area contributed by atoms with Crippen LogP contribution in [0.2, 0.25) is 0 Å². The van der Waals surface area contributed by atoms with Crippen LogP contribution in [0, 0.1) is 5.41 Å². The van der Waals surface area contributed by atoms with Crippen molar-refractivity contribution in [2.24, 2.45) is 5.41 Å².